The Kier molecular flexibility index (Phi) is 4.58. The number of aldehydes is 1. The minimum absolute atomic E-state index is 0.0514. The summed E-state index contributed by atoms with van der Waals surface area (Å²) in [5, 5.41) is -0.258. The second-order valence-corrected chi connectivity index (χ2v) is 5.27. The summed E-state index contributed by atoms with van der Waals surface area (Å²) in [6.45, 7) is 0. The fraction of sp³-hybridized carbons (Fsp3) is 0.118. The number of aromatic nitrogens is 1. The maximum absolute atomic E-state index is 13.2. The summed E-state index contributed by atoms with van der Waals surface area (Å²) in [4.78, 5) is 14.1. The van der Waals surface area contributed by atoms with E-state index in [4.69, 9.17) is 4.74 Å². The van der Waals surface area contributed by atoms with Gasteiger partial charge in [0.1, 0.15) is 17.7 Å². The van der Waals surface area contributed by atoms with Gasteiger partial charge in [0.25, 0.3) is 0 Å². The second-order valence-electron chi connectivity index (χ2n) is 5.27. The fourth-order valence-electron chi connectivity index (χ4n) is 2.40. The number of carbonyl (C=O) groups excluding carboxylic acids is 1. The molecule has 2 aromatic rings. The molecule has 0 amide bonds. The molecule has 26 heavy (non-hydrogen) atoms. The van der Waals surface area contributed by atoms with Gasteiger partial charge in [-0.05, 0) is 25.0 Å². The first-order valence-corrected chi connectivity index (χ1v) is 7.08. The number of hydrogen-bond acceptors (Lipinski definition) is 3. The Labute approximate surface area is 144 Å². The van der Waals surface area contributed by atoms with Crippen molar-refractivity contribution in [3.8, 4) is 5.75 Å². The summed E-state index contributed by atoms with van der Waals surface area (Å²) >= 11 is 0. The first-order valence-electron chi connectivity index (χ1n) is 7.08. The lowest BCUT2D eigenvalue weighted by atomic mass is 10.1. The smallest absolute Gasteiger partial charge is 0.433 e. The molecule has 1 fully saturated rings. The summed E-state index contributed by atoms with van der Waals surface area (Å²) in [6, 6.07) is 3.35. The van der Waals surface area contributed by atoms with Crippen LogP contribution in [0, 0.1) is 31.3 Å². The van der Waals surface area contributed by atoms with E-state index < -0.39 is 34.9 Å². The second kappa shape index (κ2) is 6.44. The number of ether oxygens (including phenoxy) is 1. The van der Waals surface area contributed by atoms with Crippen molar-refractivity contribution >= 4 is 17.2 Å². The zero-order valence-electron chi connectivity index (χ0n) is 12.7. The van der Waals surface area contributed by atoms with E-state index in [2.05, 4.69) is 4.98 Å². The molecular weight excluding hydrogens is 364 g/mol. The molecule has 1 aliphatic rings. The van der Waals surface area contributed by atoms with Crippen molar-refractivity contribution in [2.24, 2.45) is 0 Å². The molecule has 1 aliphatic carbocycles. The third-order valence-corrected chi connectivity index (χ3v) is 3.55. The molecule has 1 aromatic carbocycles. The third kappa shape index (κ3) is 3.47. The zero-order chi connectivity index (χ0) is 19.1. The molecule has 1 heterocycles. The molecule has 0 spiro atoms. The van der Waals surface area contributed by atoms with Crippen LogP contribution >= 0.6 is 0 Å². The van der Waals surface area contributed by atoms with E-state index in [9.17, 15) is 31.1 Å². The SMILES string of the molecule is O=C[C]1[CH][CH][CH][C]1Oc1cc(C(F)(F)F)nc2c(C(F)(F)F)cccc12. The molecule has 135 valence electrons. The number of carbonyl (C=O) groups is 1. The first-order chi connectivity index (χ1) is 12.1. The van der Waals surface area contributed by atoms with Gasteiger partial charge in [0, 0.05) is 17.9 Å². The van der Waals surface area contributed by atoms with E-state index in [1.54, 1.807) is 0 Å². The van der Waals surface area contributed by atoms with Gasteiger partial charge in [0.05, 0.1) is 17.0 Å². The van der Waals surface area contributed by atoms with E-state index in [1.807, 2.05) is 0 Å². The highest BCUT2D eigenvalue weighted by molar-refractivity contribution is 5.89. The van der Waals surface area contributed by atoms with Gasteiger partial charge in [0.2, 0.25) is 0 Å². The number of benzene rings is 1. The molecule has 1 saturated carbocycles. The van der Waals surface area contributed by atoms with Crippen LogP contribution in [-0.4, -0.2) is 11.3 Å². The molecule has 9 heteroatoms. The molecular formula is C17H8F6NO2. The minimum Gasteiger partial charge on any atom is -0.481 e. The number of fused-ring (bicyclic) bond motifs is 1. The predicted octanol–water partition coefficient (Wildman–Crippen LogP) is 4.58. The van der Waals surface area contributed by atoms with Crippen LogP contribution in [0.2, 0.25) is 0 Å². The lowest BCUT2D eigenvalue weighted by Crippen LogP contribution is -2.15. The molecule has 0 saturated heterocycles. The maximum Gasteiger partial charge on any atom is 0.433 e. The topological polar surface area (TPSA) is 39.2 Å². The van der Waals surface area contributed by atoms with Crippen molar-refractivity contribution in [2.75, 3.05) is 0 Å². The van der Waals surface area contributed by atoms with Crippen molar-refractivity contribution in [1.82, 2.24) is 4.98 Å². The van der Waals surface area contributed by atoms with Crippen LogP contribution in [0.15, 0.2) is 24.3 Å². The summed E-state index contributed by atoms with van der Waals surface area (Å²) in [5.74, 6) is -0.432. The lowest BCUT2D eigenvalue weighted by molar-refractivity contribution is -0.142. The molecule has 3 nitrogen and oxygen atoms in total. The molecule has 0 N–H and O–H groups in total. The average Bonchev–Trinajstić information content (AvgIpc) is 2.99. The van der Waals surface area contributed by atoms with Crippen LogP contribution in [-0.2, 0) is 17.1 Å². The number of halogens is 6. The van der Waals surface area contributed by atoms with Crippen molar-refractivity contribution in [2.45, 2.75) is 12.4 Å². The van der Waals surface area contributed by atoms with E-state index in [0.29, 0.717) is 18.4 Å². The van der Waals surface area contributed by atoms with E-state index in [-0.39, 0.29) is 17.4 Å². The molecule has 3 rings (SSSR count). The summed E-state index contributed by atoms with van der Waals surface area (Å²) in [7, 11) is 0. The number of nitrogens with zero attached hydrogens (tertiary/aromatic N) is 1. The highest BCUT2D eigenvalue weighted by Gasteiger charge is 2.39. The molecule has 0 unspecified atom stereocenters. The van der Waals surface area contributed by atoms with Crippen LogP contribution < -0.4 is 4.74 Å². The number of para-hydroxylation sites is 1. The Balaban J connectivity index is 2.19. The van der Waals surface area contributed by atoms with Gasteiger partial charge in [-0.3, -0.25) is 0 Å². The molecule has 0 aliphatic heterocycles. The van der Waals surface area contributed by atoms with Gasteiger partial charge in [-0.15, -0.1) is 0 Å². The van der Waals surface area contributed by atoms with E-state index >= 15 is 0 Å². The number of alkyl halides is 6. The Morgan fingerprint density at radius 2 is 1.73 bits per heavy atom. The zero-order valence-corrected chi connectivity index (χ0v) is 12.7. The molecule has 5 radical (unpaired) electrons. The molecule has 0 atom stereocenters. The van der Waals surface area contributed by atoms with E-state index in [1.165, 1.54) is 19.3 Å². The van der Waals surface area contributed by atoms with E-state index in [0.717, 1.165) is 12.1 Å². The lowest BCUT2D eigenvalue weighted by Gasteiger charge is -2.19. The standard InChI is InChI=1S/C17H8F6NO2/c18-16(19,20)11-5-2-4-10-13(26-12-6-1-3-9(12)8-25)7-14(17(21,22)23)24-15(10)11/h1-8H. The normalized spacial score (nSPS) is 17.0. The predicted molar refractivity (Wildman–Crippen MR) is 77.8 cm³/mol. The summed E-state index contributed by atoms with van der Waals surface area (Å²) < 4.78 is 84.1. The number of hydrogen-bond donors (Lipinski definition) is 0. The van der Waals surface area contributed by atoms with Gasteiger partial charge in [-0.2, -0.15) is 26.3 Å². The largest absolute Gasteiger partial charge is 0.481 e. The third-order valence-electron chi connectivity index (χ3n) is 3.55. The Morgan fingerprint density at radius 1 is 1.00 bits per heavy atom. The Bertz CT molecular complexity index is 830. The summed E-state index contributed by atoms with van der Waals surface area (Å²) in [6.07, 6.45) is -5.43. The van der Waals surface area contributed by atoms with Gasteiger partial charge >= 0.3 is 12.4 Å². The Hall–Kier alpha value is -2.32. The van der Waals surface area contributed by atoms with Crippen molar-refractivity contribution in [1.29, 1.82) is 0 Å². The quantitative estimate of drug-likeness (QED) is 0.585. The maximum atomic E-state index is 13.2. The van der Waals surface area contributed by atoms with Gasteiger partial charge < -0.3 is 9.53 Å². The minimum atomic E-state index is -4.98. The van der Waals surface area contributed by atoms with Crippen LogP contribution in [0.3, 0.4) is 0 Å². The van der Waals surface area contributed by atoms with Crippen LogP contribution in [0.25, 0.3) is 10.9 Å². The van der Waals surface area contributed by atoms with Gasteiger partial charge in [-0.1, -0.05) is 6.07 Å². The average molecular weight is 372 g/mol. The molecule has 0 bridgehead atoms. The van der Waals surface area contributed by atoms with Gasteiger partial charge in [0.15, 0.2) is 6.10 Å². The van der Waals surface area contributed by atoms with Gasteiger partial charge in [-0.25, -0.2) is 4.98 Å². The number of rotatable bonds is 3. The highest BCUT2D eigenvalue weighted by Crippen LogP contribution is 2.42. The van der Waals surface area contributed by atoms with Crippen LogP contribution in [0.1, 0.15) is 11.3 Å². The van der Waals surface area contributed by atoms with Crippen molar-refractivity contribution in [3.63, 3.8) is 0 Å². The van der Waals surface area contributed by atoms with Crippen LogP contribution in [0.4, 0.5) is 26.3 Å². The first kappa shape index (κ1) is 18.5. The van der Waals surface area contributed by atoms with Crippen molar-refractivity contribution < 1.29 is 35.9 Å². The number of pyridine rings is 1. The monoisotopic (exact) mass is 372 g/mol. The summed E-state index contributed by atoms with van der Waals surface area (Å²) in [5.41, 5.74) is -3.73. The molecule has 1 aromatic heterocycles. The highest BCUT2D eigenvalue weighted by atomic mass is 19.4. The Morgan fingerprint density at radius 3 is 2.35 bits per heavy atom. The van der Waals surface area contributed by atoms with Crippen molar-refractivity contribution in [3.05, 3.63) is 66.8 Å². The van der Waals surface area contributed by atoms with Crippen LogP contribution in [0.5, 0.6) is 5.75 Å². The fourth-order valence-corrected chi connectivity index (χ4v) is 2.40.